The average molecular weight is 225 g/mol. The Bertz CT molecular complexity index is 331. The maximum atomic E-state index is 5.44. The van der Waals surface area contributed by atoms with Crippen molar-refractivity contribution in [1.82, 2.24) is 15.3 Å². The Balaban J connectivity index is 2.48. The van der Waals surface area contributed by atoms with Gasteiger partial charge in [0.25, 0.3) is 0 Å². The Morgan fingerprint density at radius 3 is 2.31 bits per heavy atom. The van der Waals surface area contributed by atoms with Crippen molar-refractivity contribution in [2.24, 2.45) is 0 Å². The summed E-state index contributed by atoms with van der Waals surface area (Å²) in [5.74, 6) is 0. The van der Waals surface area contributed by atoms with E-state index in [0.717, 1.165) is 5.56 Å². The minimum Gasteiger partial charge on any atom is -0.296 e. The molecule has 0 unspecified atom stereocenters. The van der Waals surface area contributed by atoms with E-state index in [2.05, 4.69) is 31.3 Å². The largest absolute Gasteiger partial charge is 0.296 e. The van der Waals surface area contributed by atoms with E-state index in [9.17, 15) is 0 Å². The summed E-state index contributed by atoms with van der Waals surface area (Å²) in [7, 11) is 0. The lowest BCUT2D eigenvalue weighted by atomic mass is 10.1. The average Bonchev–Trinajstić information content (AvgIpc) is 2.49. The molecular weight excluding hydrogens is 202 g/mol. The molecule has 1 heterocycles. The van der Waals surface area contributed by atoms with Crippen molar-refractivity contribution in [3.8, 4) is 0 Å². The zero-order chi connectivity index (χ0) is 12.4. The van der Waals surface area contributed by atoms with Gasteiger partial charge in [0, 0.05) is 18.3 Å². The lowest BCUT2D eigenvalue weighted by molar-refractivity contribution is -0.0757. The number of nitrogens with one attached hydrogen (secondary N) is 1. The first-order valence-electron chi connectivity index (χ1n) is 5.63. The molecule has 0 aliphatic carbocycles. The van der Waals surface area contributed by atoms with Crippen molar-refractivity contribution in [1.29, 1.82) is 0 Å². The second-order valence-corrected chi connectivity index (χ2v) is 6.00. The fraction of sp³-hybridized carbons (Fsp3) is 0.750. The van der Waals surface area contributed by atoms with E-state index in [1.54, 1.807) is 0 Å². The van der Waals surface area contributed by atoms with Gasteiger partial charge in [-0.25, -0.2) is 0 Å². The molecule has 1 N–H and O–H groups in total. The van der Waals surface area contributed by atoms with Crippen molar-refractivity contribution in [3.05, 3.63) is 18.0 Å². The van der Waals surface area contributed by atoms with Gasteiger partial charge in [0.15, 0.2) is 0 Å². The summed E-state index contributed by atoms with van der Waals surface area (Å²) < 4.78 is 1.96. The number of hydrogen-bond acceptors (Lipinski definition) is 3. The zero-order valence-electron chi connectivity index (χ0n) is 11.2. The van der Waals surface area contributed by atoms with Crippen molar-refractivity contribution < 1.29 is 4.84 Å². The van der Waals surface area contributed by atoms with Crippen LogP contribution in [-0.4, -0.2) is 15.4 Å². The monoisotopic (exact) mass is 225 g/mol. The number of hydroxylamine groups is 1. The first-order chi connectivity index (χ1) is 7.18. The molecule has 1 aromatic rings. The van der Waals surface area contributed by atoms with E-state index in [1.165, 1.54) is 0 Å². The molecule has 0 aromatic carbocycles. The van der Waals surface area contributed by atoms with Gasteiger partial charge in [-0.15, -0.1) is 0 Å². The SMILES string of the molecule is CC(C)(C)ONCc1cnn(C(C)(C)C)c1. The van der Waals surface area contributed by atoms with Gasteiger partial charge in [0.1, 0.15) is 0 Å². The highest BCUT2D eigenvalue weighted by Gasteiger charge is 2.14. The van der Waals surface area contributed by atoms with Crippen LogP contribution in [-0.2, 0) is 16.9 Å². The van der Waals surface area contributed by atoms with Crippen molar-refractivity contribution in [2.75, 3.05) is 0 Å². The van der Waals surface area contributed by atoms with E-state index in [4.69, 9.17) is 4.84 Å². The van der Waals surface area contributed by atoms with Gasteiger partial charge < -0.3 is 0 Å². The van der Waals surface area contributed by atoms with E-state index >= 15 is 0 Å². The molecule has 0 aliphatic heterocycles. The summed E-state index contributed by atoms with van der Waals surface area (Å²) in [5, 5.41) is 4.32. The molecule has 0 fully saturated rings. The van der Waals surface area contributed by atoms with Gasteiger partial charge in [0.2, 0.25) is 0 Å². The molecule has 92 valence electrons. The molecule has 0 atom stereocenters. The van der Waals surface area contributed by atoms with Crippen LogP contribution < -0.4 is 5.48 Å². The summed E-state index contributed by atoms with van der Waals surface area (Å²) >= 11 is 0. The van der Waals surface area contributed by atoms with Gasteiger partial charge in [-0.05, 0) is 41.5 Å². The molecule has 1 rings (SSSR count). The minimum absolute atomic E-state index is 0.0309. The van der Waals surface area contributed by atoms with Crippen molar-refractivity contribution >= 4 is 0 Å². The van der Waals surface area contributed by atoms with Crippen LogP contribution in [0.4, 0.5) is 0 Å². The van der Waals surface area contributed by atoms with Crippen LogP contribution in [0.25, 0.3) is 0 Å². The van der Waals surface area contributed by atoms with Gasteiger partial charge in [-0.1, -0.05) is 0 Å². The fourth-order valence-electron chi connectivity index (χ4n) is 1.15. The molecule has 0 saturated carbocycles. The molecule has 4 heteroatoms. The third-order valence-corrected chi connectivity index (χ3v) is 1.98. The van der Waals surface area contributed by atoms with E-state index in [0.29, 0.717) is 6.54 Å². The molecular formula is C12H23N3O. The molecule has 0 bridgehead atoms. The van der Waals surface area contributed by atoms with Gasteiger partial charge in [-0.3, -0.25) is 9.52 Å². The normalized spacial score (nSPS) is 13.1. The standard InChI is InChI=1S/C12H23N3O/c1-11(2,3)15-9-10(7-13-15)8-14-16-12(4,5)6/h7,9,14H,8H2,1-6H3. The maximum Gasteiger partial charge on any atom is 0.0813 e. The van der Waals surface area contributed by atoms with E-state index in [-0.39, 0.29) is 11.1 Å². The smallest absolute Gasteiger partial charge is 0.0813 e. The number of rotatable bonds is 3. The van der Waals surface area contributed by atoms with Crippen LogP contribution >= 0.6 is 0 Å². The van der Waals surface area contributed by atoms with Crippen LogP contribution in [0.1, 0.15) is 47.1 Å². The topological polar surface area (TPSA) is 39.1 Å². The third kappa shape index (κ3) is 4.33. The van der Waals surface area contributed by atoms with Crippen LogP contribution in [0, 0.1) is 0 Å². The van der Waals surface area contributed by atoms with E-state index < -0.39 is 0 Å². The second kappa shape index (κ2) is 4.55. The quantitative estimate of drug-likeness (QED) is 0.803. The van der Waals surface area contributed by atoms with E-state index in [1.807, 2.05) is 37.8 Å². The first kappa shape index (κ1) is 13.2. The van der Waals surface area contributed by atoms with Gasteiger partial charge >= 0.3 is 0 Å². The second-order valence-electron chi connectivity index (χ2n) is 6.00. The summed E-state index contributed by atoms with van der Waals surface area (Å²) in [4.78, 5) is 5.44. The van der Waals surface area contributed by atoms with Crippen LogP contribution in [0.2, 0.25) is 0 Å². The molecule has 0 radical (unpaired) electrons. The summed E-state index contributed by atoms with van der Waals surface area (Å²) in [5.41, 5.74) is 3.94. The fourth-order valence-corrected chi connectivity index (χ4v) is 1.15. The number of hydrogen-bond donors (Lipinski definition) is 1. The highest BCUT2D eigenvalue weighted by Crippen LogP contribution is 2.13. The predicted molar refractivity (Wildman–Crippen MR) is 64.9 cm³/mol. The predicted octanol–water partition coefficient (Wildman–Crippen LogP) is 2.46. The van der Waals surface area contributed by atoms with Crippen LogP contribution in [0.5, 0.6) is 0 Å². The molecule has 1 aromatic heterocycles. The van der Waals surface area contributed by atoms with Gasteiger partial charge in [-0.2, -0.15) is 10.6 Å². The zero-order valence-corrected chi connectivity index (χ0v) is 11.2. The summed E-state index contributed by atoms with van der Waals surface area (Å²) in [6.45, 7) is 13.1. The summed E-state index contributed by atoms with van der Waals surface area (Å²) in [6.07, 6.45) is 3.91. The van der Waals surface area contributed by atoms with Crippen molar-refractivity contribution in [2.45, 2.75) is 59.2 Å². The lowest BCUT2D eigenvalue weighted by Crippen LogP contribution is -2.28. The summed E-state index contributed by atoms with van der Waals surface area (Å²) in [6, 6.07) is 0. The molecule has 4 nitrogen and oxygen atoms in total. The Labute approximate surface area is 97.9 Å². The molecule has 0 spiro atoms. The molecule has 0 amide bonds. The Hall–Kier alpha value is -0.870. The Morgan fingerprint density at radius 1 is 1.25 bits per heavy atom. The maximum absolute atomic E-state index is 5.44. The lowest BCUT2D eigenvalue weighted by Gasteiger charge is -2.19. The Kier molecular flexibility index (Phi) is 3.76. The number of nitrogens with zero attached hydrogens (tertiary/aromatic N) is 2. The Morgan fingerprint density at radius 2 is 1.88 bits per heavy atom. The minimum atomic E-state index is -0.167. The van der Waals surface area contributed by atoms with Crippen LogP contribution in [0.3, 0.4) is 0 Å². The highest BCUT2D eigenvalue weighted by molar-refractivity contribution is 5.04. The van der Waals surface area contributed by atoms with Crippen molar-refractivity contribution in [3.63, 3.8) is 0 Å². The molecule has 16 heavy (non-hydrogen) atoms. The highest BCUT2D eigenvalue weighted by atomic mass is 16.7. The van der Waals surface area contributed by atoms with Crippen LogP contribution in [0.15, 0.2) is 12.4 Å². The molecule has 0 saturated heterocycles. The molecule has 0 aliphatic rings. The number of aromatic nitrogens is 2. The van der Waals surface area contributed by atoms with Gasteiger partial charge in [0.05, 0.1) is 17.3 Å². The third-order valence-electron chi connectivity index (χ3n) is 1.98. The first-order valence-corrected chi connectivity index (χ1v) is 5.63.